The first-order valence-corrected chi connectivity index (χ1v) is 14.2. The highest BCUT2D eigenvalue weighted by Gasteiger charge is 2.43. The molecule has 37 heavy (non-hydrogen) atoms. The minimum Gasteiger partial charge on any atom is -0.454 e. The van der Waals surface area contributed by atoms with E-state index in [1.54, 1.807) is 6.07 Å². The van der Waals surface area contributed by atoms with E-state index in [0.29, 0.717) is 30.9 Å². The van der Waals surface area contributed by atoms with Crippen molar-refractivity contribution in [3.63, 3.8) is 0 Å². The van der Waals surface area contributed by atoms with Gasteiger partial charge in [0.05, 0.1) is 4.90 Å². The third-order valence-corrected chi connectivity index (χ3v) is 8.25. The summed E-state index contributed by atoms with van der Waals surface area (Å²) in [4.78, 5) is 11.1. The van der Waals surface area contributed by atoms with Crippen LogP contribution in [0.25, 0.3) is 0 Å². The minimum absolute atomic E-state index is 0.0354. The Morgan fingerprint density at radius 1 is 1.14 bits per heavy atom. The van der Waals surface area contributed by atoms with Gasteiger partial charge in [0.2, 0.25) is 22.7 Å². The van der Waals surface area contributed by atoms with Gasteiger partial charge in [-0.05, 0) is 49.9 Å². The molecular formula is C27H39N3O6S. The van der Waals surface area contributed by atoms with Crippen LogP contribution in [-0.2, 0) is 21.2 Å². The van der Waals surface area contributed by atoms with Gasteiger partial charge < -0.3 is 25.6 Å². The second-order valence-corrected chi connectivity index (χ2v) is 11.9. The lowest BCUT2D eigenvalue weighted by molar-refractivity contribution is -0.118. The van der Waals surface area contributed by atoms with Gasteiger partial charge in [0.15, 0.2) is 11.5 Å². The van der Waals surface area contributed by atoms with Crippen LogP contribution in [-0.4, -0.2) is 55.4 Å². The summed E-state index contributed by atoms with van der Waals surface area (Å²) >= 11 is 0. The Hall–Kier alpha value is -2.66. The monoisotopic (exact) mass is 533 g/mol. The Balaban J connectivity index is 1.88. The summed E-state index contributed by atoms with van der Waals surface area (Å²) in [6.45, 7) is 6.39. The Morgan fingerprint density at radius 2 is 1.84 bits per heavy atom. The zero-order valence-corrected chi connectivity index (χ0v) is 22.7. The van der Waals surface area contributed by atoms with Gasteiger partial charge in [-0.3, -0.25) is 4.79 Å². The summed E-state index contributed by atoms with van der Waals surface area (Å²) in [6.07, 6.45) is 2.02. The fourth-order valence-corrected chi connectivity index (χ4v) is 6.26. The maximum absolute atomic E-state index is 14.0. The van der Waals surface area contributed by atoms with Crippen molar-refractivity contribution in [3.8, 4) is 11.5 Å². The van der Waals surface area contributed by atoms with Gasteiger partial charge in [0, 0.05) is 37.9 Å². The first-order valence-electron chi connectivity index (χ1n) is 12.7. The normalized spacial score (nSPS) is 15.6. The highest BCUT2D eigenvalue weighted by Crippen LogP contribution is 2.37. The van der Waals surface area contributed by atoms with Crippen molar-refractivity contribution in [2.75, 3.05) is 19.9 Å². The topological polar surface area (TPSA) is 131 Å². The standard InChI is InChI=1S/C27H39N3O6S/c1-20(2)18-30(37(33,34)23-12-13-24-25(16-23)36-19-35-24)27(32,17-22-9-5-4-6-10-22)14-15-29-21(3)8-7-11-26(28)31/h4-6,9-10,12-13,16,20-21,29,32H,7-8,11,14-15,17-19H2,1-3H3,(H2,28,31). The number of sulfonamides is 1. The molecule has 2 atom stereocenters. The number of ether oxygens (including phenoxy) is 2. The molecule has 1 amide bonds. The lowest BCUT2D eigenvalue weighted by Crippen LogP contribution is -2.55. The molecular weight excluding hydrogens is 494 g/mol. The summed E-state index contributed by atoms with van der Waals surface area (Å²) < 4.78 is 40.0. The average Bonchev–Trinajstić information content (AvgIpc) is 3.31. The summed E-state index contributed by atoms with van der Waals surface area (Å²) in [6, 6.07) is 14.0. The van der Waals surface area contributed by atoms with E-state index in [-0.39, 0.29) is 48.9 Å². The van der Waals surface area contributed by atoms with Crippen LogP contribution in [0.4, 0.5) is 0 Å². The molecule has 2 aromatic rings. The van der Waals surface area contributed by atoms with Crippen LogP contribution in [0.1, 0.15) is 52.0 Å². The minimum atomic E-state index is -4.10. The van der Waals surface area contributed by atoms with Gasteiger partial charge in [-0.25, -0.2) is 8.42 Å². The Kier molecular flexibility index (Phi) is 9.94. The number of benzene rings is 2. The summed E-state index contributed by atoms with van der Waals surface area (Å²) in [5.74, 6) is 0.487. The number of rotatable bonds is 15. The second-order valence-electron chi connectivity index (χ2n) is 10.1. The fourth-order valence-electron chi connectivity index (χ4n) is 4.42. The molecule has 1 aliphatic heterocycles. The third-order valence-electron chi connectivity index (χ3n) is 6.34. The lowest BCUT2D eigenvalue weighted by atomic mass is 9.98. The Morgan fingerprint density at radius 3 is 2.51 bits per heavy atom. The van der Waals surface area contributed by atoms with E-state index in [0.717, 1.165) is 12.0 Å². The number of nitrogens with two attached hydrogens (primary N) is 1. The van der Waals surface area contributed by atoms with Gasteiger partial charge in [-0.2, -0.15) is 4.31 Å². The Labute approximate surface area is 220 Å². The van der Waals surface area contributed by atoms with Crippen LogP contribution in [0.3, 0.4) is 0 Å². The number of aliphatic hydroxyl groups is 1. The predicted molar refractivity (Wildman–Crippen MR) is 142 cm³/mol. The van der Waals surface area contributed by atoms with Crippen molar-refractivity contribution in [2.24, 2.45) is 11.7 Å². The maximum Gasteiger partial charge on any atom is 0.245 e. The van der Waals surface area contributed by atoms with Crippen LogP contribution < -0.4 is 20.5 Å². The molecule has 3 rings (SSSR count). The summed E-state index contributed by atoms with van der Waals surface area (Å²) in [5.41, 5.74) is 4.37. The lowest BCUT2D eigenvalue weighted by Gasteiger charge is -2.40. The molecule has 0 aromatic heterocycles. The summed E-state index contributed by atoms with van der Waals surface area (Å²) in [7, 11) is -4.10. The van der Waals surface area contributed by atoms with Crippen molar-refractivity contribution in [2.45, 2.75) is 69.5 Å². The van der Waals surface area contributed by atoms with Gasteiger partial charge in [0.25, 0.3) is 0 Å². The molecule has 0 spiro atoms. The van der Waals surface area contributed by atoms with Crippen molar-refractivity contribution in [1.29, 1.82) is 0 Å². The first-order chi connectivity index (χ1) is 17.5. The van der Waals surface area contributed by atoms with Crippen LogP contribution in [0.15, 0.2) is 53.4 Å². The molecule has 10 heteroatoms. The van der Waals surface area contributed by atoms with Gasteiger partial charge in [-0.1, -0.05) is 44.2 Å². The first kappa shape index (κ1) is 28.9. The number of hydrogen-bond donors (Lipinski definition) is 3. The average molecular weight is 534 g/mol. The van der Waals surface area contributed by atoms with E-state index < -0.39 is 15.7 Å². The van der Waals surface area contributed by atoms with Crippen LogP contribution >= 0.6 is 0 Å². The highest BCUT2D eigenvalue weighted by molar-refractivity contribution is 7.89. The largest absolute Gasteiger partial charge is 0.454 e. The quantitative estimate of drug-likeness (QED) is 0.300. The molecule has 0 saturated carbocycles. The third kappa shape index (κ3) is 7.91. The number of nitrogens with one attached hydrogen (secondary N) is 1. The SMILES string of the molecule is CC(C)CN(C(O)(CCNC(C)CCCC(N)=O)Cc1ccccc1)S(=O)(=O)c1ccc2c(c1)OCO2. The number of carbonyl (C=O) groups excluding carboxylic acids is 1. The van der Waals surface area contributed by atoms with E-state index >= 15 is 0 Å². The fraction of sp³-hybridized carbons (Fsp3) is 0.519. The molecule has 4 N–H and O–H groups in total. The van der Waals surface area contributed by atoms with Crippen molar-refractivity contribution < 1.29 is 27.8 Å². The second kappa shape index (κ2) is 12.7. The van der Waals surface area contributed by atoms with E-state index in [1.165, 1.54) is 16.4 Å². The summed E-state index contributed by atoms with van der Waals surface area (Å²) in [5, 5.41) is 15.5. The number of carbonyl (C=O) groups is 1. The molecule has 1 aliphatic rings. The molecule has 0 fully saturated rings. The van der Waals surface area contributed by atoms with E-state index in [4.69, 9.17) is 15.2 Å². The molecule has 9 nitrogen and oxygen atoms in total. The van der Waals surface area contributed by atoms with Gasteiger partial charge >= 0.3 is 0 Å². The molecule has 0 radical (unpaired) electrons. The number of fused-ring (bicyclic) bond motifs is 1. The van der Waals surface area contributed by atoms with E-state index in [9.17, 15) is 18.3 Å². The molecule has 0 bridgehead atoms. The predicted octanol–water partition coefficient (Wildman–Crippen LogP) is 3.02. The highest BCUT2D eigenvalue weighted by atomic mass is 32.2. The van der Waals surface area contributed by atoms with Crippen molar-refractivity contribution >= 4 is 15.9 Å². The smallest absolute Gasteiger partial charge is 0.245 e. The Bertz CT molecular complexity index is 1140. The van der Waals surface area contributed by atoms with E-state index in [2.05, 4.69) is 5.32 Å². The molecule has 0 aliphatic carbocycles. The van der Waals surface area contributed by atoms with Crippen molar-refractivity contribution in [3.05, 3.63) is 54.1 Å². The van der Waals surface area contributed by atoms with Gasteiger partial charge in [0.1, 0.15) is 5.72 Å². The van der Waals surface area contributed by atoms with Crippen LogP contribution in [0.5, 0.6) is 11.5 Å². The van der Waals surface area contributed by atoms with Crippen LogP contribution in [0.2, 0.25) is 0 Å². The number of hydrogen-bond acceptors (Lipinski definition) is 7. The molecule has 204 valence electrons. The number of nitrogens with zero attached hydrogens (tertiary/aromatic N) is 1. The van der Waals surface area contributed by atoms with Crippen LogP contribution in [0, 0.1) is 5.92 Å². The molecule has 0 saturated heterocycles. The number of amides is 1. The molecule has 1 heterocycles. The molecule has 2 unspecified atom stereocenters. The van der Waals surface area contributed by atoms with Crippen molar-refractivity contribution in [1.82, 2.24) is 9.62 Å². The zero-order chi connectivity index (χ0) is 27.1. The molecule has 2 aromatic carbocycles. The van der Waals surface area contributed by atoms with Gasteiger partial charge in [-0.15, -0.1) is 0 Å². The zero-order valence-electron chi connectivity index (χ0n) is 21.9. The van der Waals surface area contributed by atoms with E-state index in [1.807, 2.05) is 51.1 Å². The maximum atomic E-state index is 14.0. The number of primary amides is 1.